The first kappa shape index (κ1) is 19.2. The van der Waals surface area contributed by atoms with Crippen LogP contribution in [0, 0.1) is 5.82 Å². The lowest BCUT2D eigenvalue weighted by Gasteiger charge is -2.26. The first-order chi connectivity index (χ1) is 13.2. The predicted octanol–water partition coefficient (Wildman–Crippen LogP) is 2.34. The average molecular weight is 392 g/mol. The Kier molecular flexibility index (Phi) is 6.66. The summed E-state index contributed by atoms with van der Waals surface area (Å²) in [5.41, 5.74) is 1.30. The highest BCUT2D eigenvalue weighted by Gasteiger charge is 2.16. The number of nitrogens with one attached hydrogen (secondary N) is 3. The number of urea groups is 1. The molecule has 27 heavy (non-hydrogen) atoms. The quantitative estimate of drug-likeness (QED) is 0.598. The second-order valence-electron chi connectivity index (χ2n) is 5.78. The Morgan fingerprint density at radius 3 is 2.85 bits per heavy atom. The van der Waals surface area contributed by atoms with Crippen molar-refractivity contribution in [2.45, 2.75) is 0 Å². The molecule has 3 rings (SSSR count). The van der Waals surface area contributed by atoms with E-state index in [0.717, 1.165) is 30.8 Å². The van der Waals surface area contributed by atoms with Gasteiger partial charge in [0.25, 0.3) is 0 Å². The molecule has 1 aromatic carbocycles. The number of carbonyl (C=O) groups is 1. The number of aliphatic hydroxyl groups excluding tert-OH is 1. The number of amides is 2. The summed E-state index contributed by atoms with van der Waals surface area (Å²) in [5.74, 6) is 1.50. The molecule has 2 heterocycles. The lowest BCUT2D eigenvalue weighted by Crippen LogP contribution is -2.40. The number of aromatic nitrogens is 2. The number of rotatable bonds is 6. The van der Waals surface area contributed by atoms with Crippen LogP contribution >= 0.6 is 11.8 Å². The highest BCUT2D eigenvalue weighted by atomic mass is 32.2. The second kappa shape index (κ2) is 9.38. The molecule has 1 aliphatic heterocycles. The summed E-state index contributed by atoms with van der Waals surface area (Å²) < 4.78 is 13.7. The molecule has 10 heteroatoms. The average Bonchev–Trinajstić information content (AvgIpc) is 2.69. The van der Waals surface area contributed by atoms with Gasteiger partial charge in [-0.25, -0.2) is 14.2 Å². The zero-order valence-corrected chi connectivity index (χ0v) is 15.4. The topological polar surface area (TPSA) is 102 Å². The van der Waals surface area contributed by atoms with Crippen LogP contribution < -0.4 is 16.0 Å². The van der Waals surface area contributed by atoms with Gasteiger partial charge in [0.1, 0.15) is 0 Å². The van der Waals surface area contributed by atoms with Crippen molar-refractivity contribution < 1.29 is 14.3 Å². The lowest BCUT2D eigenvalue weighted by atomic mass is 10.3. The van der Waals surface area contributed by atoms with E-state index < -0.39 is 5.82 Å². The van der Waals surface area contributed by atoms with Gasteiger partial charge in [-0.1, -0.05) is 6.07 Å². The van der Waals surface area contributed by atoms with Gasteiger partial charge < -0.3 is 26.0 Å². The van der Waals surface area contributed by atoms with Crippen LogP contribution in [0.4, 0.5) is 32.3 Å². The molecule has 0 atom stereocenters. The summed E-state index contributed by atoms with van der Waals surface area (Å²) in [7, 11) is 0. The van der Waals surface area contributed by atoms with Gasteiger partial charge in [-0.15, -0.1) is 0 Å². The highest BCUT2D eigenvalue weighted by Crippen LogP contribution is 2.20. The van der Waals surface area contributed by atoms with E-state index in [1.165, 1.54) is 0 Å². The summed E-state index contributed by atoms with van der Waals surface area (Å²) in [6.07, 6.45) is 1.05. The largest absolute Gasteiger partial charge is 0.395 e. The van der Waals surface area contributed by atoms with Crippen molar-refractivity contribution in [2.75, 3.05) is 53.7 Å². The van der Waals surface area contributed by atoms with Crippen LogP contribution in [0.15, 0.2) is 30.5 Å². The first-order valence-corrected chi connectivity index (χ1v) is 9.69. The molecule has 0 aliphatic carbocycles. The molecular weight excluding hydrogens is 371 g/mol. The zero-order chi connectivity index (χ0) is 19.1. The standard InChI is InChI=1S/C17H21FN6O2S/c18-14-11-20-16(23-15(14)19-4-7-25)21-12-2-1-3-13(10-12)22-17(26)24-5-8-27-9-6-24/h1-3,10-11,25H,4-9H2,(H,22,26)(H2,19,20,21,23). The summed E-state index contributed by atoms with van der Waals surface area (Å²) in [6.45, 7) is 1.52. The number of hydrogen-bond donors (Lipinski definition) is 4. The number of anilines is 4. The highest BCUT2D eigenvalue weighted by molar-refractivity contribution is 7.99. The van der Waals surface area contributed by atoms with Gasteiger partial charge in [-0.05, 0) is 18.2 Å². The molecule has 2 amide bonds. The zero-order valence-electron chi connectivity index (χ0n) is 14.6. The van der Waals surface area contributed by atoms with Gasteiger partial charge in [0.2, 0.25) is 5.95 Å². The van der Waals surface area contributed by atoms with Gasteiger partial charge >= 0.3 is 6.03 Å². The maximum atomic E-state index is 13.7. The lowest BCUT2D eigenvalue weighted by molar-refractivity contribution is 0.217. The normalized spacial score (nSPS) is 13.9. The van der Waals surface area contributed by atoms with Crippen LogP contribution in [0.3, 0.4) is 0 Å². The van der Waals surface area contributed by atoms with Crippen LogP contribution in [-0.4, -0.2) is 63.8 Å². The maximum Gasteiger partial charge on any atom is 0.321 e. The molecule has 2 aromatic rings. The molecule has 1 fully saturated rings. The number of carbonyl (C=O) groups excluding carboxylic acids is 1. The van der Waals surface area contributed by atoms with Gasteiger partial charge in [0, 0.05) is 42.5 Å². The van der Waals surface area contributed by atoms with E-state index in [-0.39, 0.29) is 30.9 Å². The minimum absolute atomic E-state index is 0.00831. The summed E-state index contributed by atoms with van der Waals surface area (Å²) >= 11 is 1.84. The van der Waals surface area contributed by atoms with Crippen LogP contribution in [0.25, 0.3) is 0 Å². The van der Waals surface area contributed by atoms with E-state index in [1.807, 2.05) is 11.8 Å². The summed E-state index contributed by atoms with van der Waals surface area (Å²) in [4.78, 5) is 22.1. The molecule has 0 unspecified atom stereocenters. The summed E-state index contributed by atoms with van der Waals surface area (Å²) in [6, 6.07) is 7.01. The smallest absolute Gasteiger partial charge is 0.321 e. The Labute approximate surface area is 160 Å². The first-order valence-electron chi connectivity index (χ1n) is 8.54. The molecule has 144 valence electrons. The molecule has 4 N–H and O–H groups in total. The van der Waals surface area contributed by atoms with E-state index in [0.29, 0.717) is 11.4 Å². The third kappa shape index (κ3) is 5.44. The Morgan fingerprint density at radius 1 is 1.30 bits per heavy atom. The number of hydrogen-bond acceptors (Lipinski definition) is 7. The Bertz CT molecular complexity index is 788. The van der Waals surface area contributed by atoms with Gasteiger partial charge in [-0.2, -0.15) is 16.7 Å². The third-order valence-corrected chi connectivity index (χ3v) is 4.76. The van der Waals surface area contributed by atoms with Crippen molar-refractivity contribution >= 4 is 40.9 Å². The minimum Gasteiger partial charge on any atom is -0.395 e. The van der Waals surface area contributed by atoms with Crippen LogP contribution in [0.2, 0.25) is 0 Å². The second-order valence-corrected chi connectivity index (χ2v) is 7.00. The fourth-order valence-corrected chi connectivity index (χ4v) is 3.40. The SMILES string of the molecule is O=C(Nc1cccc(Nc2ncc(F)c(NCCO)n2)c1)N1CCSCC1. The number of nitrogens with zero attached hydrogens (tertiary/aromatic N) is 3. The molecule has 0 bridgehead atoms. The number of halogens is 1. The fourth-order valence-electron chi connectivity index (χ4n) is 2.50. The Hall–Kier alpha value is -2.59. The van der Waals surface area contributed by atoms with Gasteiger partial charge in [0.05, 0.1) is 12.8 Å². The fraction of sp³-hybridized carbons (Fsp3) is 0.353. The molecule has 1 aromatic heterocycles. The molecule has 0 spiro atoms. The molecule has 0 saturated carbocycles. The molecule has 1 saturated heterocycles. The molecule has 1 aliphatic rings. The van der Waals surface area contributed by atoms with Crippen molar-refractivity contribution in [1.29, 1.82) is 0 Å². The Morgan fingerprint density at radius 2 is 2.07 bits per heavy atom. The van der Waals surface area contributed by atoms with Crippen LogP contribution in [-0.2, 0) is 0 Å². The number of aliphatic hydroxyl groups is 1. The Balaban J connectivity index is 1.66. The third-order valence-electron chi connectivity index (χ3n) is 3.82. The van der Waals surface area contributed by atoms with Crippen molar-refractivity contribution in [3.05, 3.63) is 36.3 Å². The van der Waals surface area contributed by atoms with Crippen molar-refractivity contribution in [2.24, 2.45) is 0 Å². The van der Waals surface area contributed by atoms with E-state index in [4.69, 9.17) is 5.11 Å². The monoisotopic (exact) mass is 392 g/mol. The number of thioether (sulfide) groups is 1. The molecule has 8 nitrogen and oxygen atoms in total. The summed E-state index contributed by atoms with van der Waals surface area (Å²) in [5, 5.41) is 17.4. The van der Waals surface area contributed by atoms with E-state index in [1.54, 1.807) is 29.2 Å². The molecular formula is C17H21FN6O2S. The van der Waals surface area contributed by atoms with Crippen molar-refractivity contribution in [3.63, 3.8) is 0 Å². The maximum absolute atomic E-state index is 13.7. The minimum atomic E-state index is -0.602. The van der Waals surface area contributed by atoms with Crippen LogP contribution in [0.1, 0.15) is 0 Å². The van der Waals surface area contributed by atoms with Gasteiger partial charge in [0.15, 0.2) is 11.6 Å². The molecule has 0 radical (unpaired) electrons. The van der Waals surface area contributed by atoms with Crippen LogP contribution in [0.5, 0.6) is 0 Å². The van der Waals surface area contributed by atoms with E-state index in [2.05, 4.69) is 25.9 Å². The van der Waals surface area contributed by atoms with Crippen molar-refractivity contribution in [1.82, 2.24) is 14.9 Å². The van der Waals surface area contributed by atoms with Gasteiger partial charge in [-0.3, -0.25) is 0 Å². The van der Waals surface area contributed by atoms with E-state index in [9.17, 15) is 9.18 Å². The van der Waals surface area contributed by atoms with E-state index >= 15 is 0 Å². The number of benzene rings is 1. The van der Waals surface area contributed by atoms with Crippen molar-refractivity contribution in [3.8, 4) is 0 Å². The predicted molar refractivity (Wildman–Crippen MR) is 105 cm³/mol.